The Kier molecular flexibility index (Phi) is 3.49. The zero-order chi connectivity index (χ0) is 12.3. The van der Waals surface area contributed by atoms with Crippen LogP contribution in [0.25, 0.3) is 0 Å². The number of nitrogen functional groups attached to an aromatic ring is 1. The molecule has 1 heterocycles. The molecular formula is C13H13ClN2O. The van der Waals surface area contributed by atoms with E-state index in [1.54, 1.807) is 18.2 Å². The van der Waals surface area contributed by atoms with Crippen molar-refractivity contribution >= 4 is 17.3 Å². The summed E-state index contributed by atoms with van der Waals surface area (Å²) in [6, 6.07) is 11.0. The Morgan fingerprint density at radius 2 is 2.12 bits per heavy atom. The largest absolute Gasteiger partial charge is 0.485 e. The number of rotatable bonds is 3. The van der Waals surface area contributed by atoms with Gasteiger partial charge in [-0.25, -0.2) is 0 Å². The first-order chi connectivity index (χ1) is 8.15. The van der Waals surface area contributed by atoms with Gasteiger partial charge in [0.25, 0.3) is 0 Å². The Morgan fingerprint density at radius 1 is 1.29 bits per heavy atom. The third kappa shape index (κ3) is 3.11. The van der Waals surface area contributed by atoms with Crippen LogP contribution in [0.15, 0.2) is 36.4 Å². The van der Waals surface area contributed by atoms with Crippen molar-refractivity contribution in [2.45, 2.75) is 13.5 Å². The molecule has 1 aromatic carbocycles. The maximum Gasteiger partial charge on any atom is 0.144 e. The van der Waals surface area contributed by atoms with Crippen LogP contribution in [0.1, 0.15) is 11.4 Å². The summed E-state index contributed by atoms with van der Waals surface area (Å²) < 4.78 is 5.59. The lowest BCUT2D eigenvalue weighted by Gasteiger charge is -2.09. The summed E-state index contributed by atoms with van der Waals surface area (Å²) >= 11 is 5.87. The first-order valence-corrected chi connectivity index (χ1v) is 5.63. The van der Waals surface area contributed by atoms with Gasteiger partial charge >= 0.3 is 0 Å². The van der Waals surface area contributed by atoms with E-state index in [2.05, 4.69) is 4.98 Å². The molecule has 1 aromatic heterocycles. The van der Waals surface area contributed by atoms with Crippen LogP contribution >= 0.6 is 11.6 Å². The molecule has 0 aliphatic rings. The predicted molar refractivity (Wildman–Crippen MR) is 69.2 cm³/mol. The zero-order valence-corrected chi connectivity index (χ0v) is 10.2. The summed E-state index contributed by atoms with van der Waals surface area (Å²) in [5.41, 5.74) is 8.18. The van der Waals surface area contributed by atoms with Crippen molar-refractivity contribution < 1.29 is 4.74 Å². The number of halogens is 1. The number of hydrogen-bond acceptors (Lipinski definition) is 3. The fraction of sp³-hybridized carbons (Fsp3) is 0.154. The van der Waals surface area contributed by atoms with Gasteiger partial charge in [-0.3, -0.25) is 4.98 Å². The number of anilines is 1. The maximum absolute atomic E-state index is 5.87. The number of aromatic nitrogens is 1. The van der Waals surface area contributed by atoms with E-state index in [1.807, 2.05) is 25.1 Å². The normalized spacial score (nSPS) is 10.2. The van der Waals surface area contributed by atoms with E-state index >= 15 is 0 Å². The van der Waals surface area contributed by atoms with Crippen LogP contribution in [0.5, 0.6) is 5.75 Å². The molecule has 88 valence electrons. The first kappa shape index (κ1) is 11.7. The van der Waals surface area contributed by atoms with Gasteiger partial charge in [0.05, 0.1) is 11.4 Å². The Balaban J connectivity index is 2.09. The van der Waals surface area contributed by atoms with Crippen LogP contribution in [0.4, 0.5) is 5.69 Å². The smallest absolute Gasteiger partial charge is 0.144 e. The van der Waals surface area contributed by atoms with Crippen LogP contribution < -0.4 is 10.5 Å². The van der Waals surface area contributed by atoms with Crippen molar-refractivity contribution in [3.8, 4) is 5.75 Å². The van der Waals surface area contributed by atoms with Crippen molar-refractivity contribution in [3.63, 3.8) is 0 Å². The molecule has 0 aliphatic carbocycles. The molecule has 3 nitrogen and oxygen atoms in total. The van der Waals surface area contributed by atoms with Crippen molar-refractivity contribution in [3.05, 3.63) is 52.8 Å². The number of pyridine rings is 1. The van der Waals surface area contributed by atoms with Crippen LogP contribution in [0.3, 0.4) is 0 Å². The fourth-order valence-corrected chi connectivity index (χ4v) is 1.63. The third-order valence-electron chi connectivity index (χ3n) is 2.30. The second kappa shape index (κ2) is 5.06. The molecule has 0 bridgehead atoms. The highest BCUT2D eigenvalue weighted by atomic mass is 35.5. The zero-order valence-electron chi connectivity index (χ0n) is 9.48. The van der Waals surface area contributed by atoms with Gasteiger partial charge in [-0.15, -0.1) is 0 Å². The number of nitrogens with two attached hydrogens (primary N) is 1. The summed E-state index contributed by atoms with van der Waals surface area (Å²) in [5, 5.41) is 0.603. The molecule has 0 aliphatic heterocycles. The number of benzene rings is 1. The standard InChI is InChI=1S/C13H13ClN2O/c1-9-3-2-4-11(16-9)8-17-13-7-10(14)5-6-12(13)15/h2-7H,8,15H2,1H3. The number of ether oxygens (including phenoxy) is 1. The average molecular weight is 249 g/mol. The van der Waals surface area contributed by atoms with Gasteiger partial charge in [-0.05, 0) is 31.2 Å². The lowest BCUT2D eigenvalue weighted by molar-refractivity contribution is 0.303. The lowest BCUT2D eigenvalue weighted by Crippen LogP contribution is -2.01. The highest BCUT2D eigenvalue weighted by Crippen LogP contribution is 2.25. The van der Waals surface area contributed by atoms with Crippen LogP contribution in [-0.4, -0.2) is 4.98 Å². The van der Waals surface area contributed by atoms with Gasteiger partial charge in [0.15, 0.2) is 0 Å². The maximum atomic E-state index is 5.87. The van der Waals surface area contributed by atoms with Crippen molar-refractivity contribution in [1.29, 1.82) is 0 Å². The summed E-state index contributed by atoms with van der Waals surface area (Å²) in [6.45, 7) is 2.32. The lowest BCUT2D eigenvalue weighted by atomic mass is 10.3. The van der Waals surface area contributed by atoms with E-state index in [9.17, 15) is 0 Å². The van der Waals surface area contributed by atoms with E-state index in [-0.39, 0.29) is 0 Å². The molecule has 0 saturated heterocycles. The molecule has 2 N–H and O–H groups in total. The number of aryl methyl sites for hydroxylation is 1. The predicted octanol–water partition coefficient (Wildman–Crippen LogP) is 3.20. The Bertz CT molecular complexity index is 529. The van der Waals surface area contributed by atoms with Crippen molar-refractivity contribution in [2.24, 2.45) is 0 Å². The van der Waals surface area contributed by atoms with Gasteiger partial charge in [-0.2, -0.15) is 0 Å². The summed E-state index contributed by atoms with van der Waals surface area (Å²) in [5.74, 6) is 0.584. The molecule has 0 atom stereocenters. The van der Waals surface area contributed by atoms with E-state index in [1.165, 1.54) is 0 Å². The minimum absolute atomic E-state index is 0.381. The second-order valence-corrected chi connectivity index (χ2v) is 4.18. The number of nitrogens with zero attached hydrogens (tertiary/aromatic N) is 1. The molecule has 0 unspecified atom stereocenters. The Labute approximate surface area is 105 Å². The van der Waals surface area contributed by atoms with Crippen LogP contribution in [0.2, 0.25) is 5.02 Å². The summed E-state index contributed by atoms with van der Waals surface area (Å²) in [6.07, 6.45) is 0. The molecule has 4 heteroatoms. The second-order valence-electron chi connectivity index (χ2n) is 3.74. The van der Waals surface area contributed by atoms with Crippen molar-refractivity contribution in [2.75, 3.05) is 5.73 Å². The van der Waals surface area contributed by atoms with Crippen LogP contribution in [0, 0.1) is 6.92 Å². The highest BCUT2D eigenvalue weighted by Gasteiger charge is 2.02. The van der Waals surface area contributed by atoms with E-state index in [0.717, 1.165) is 11.4 Å². The minimum Gasteiger partial charge on any atom is -0.485 e. The SMILES string of the molecule is Cc1cccc(COc2cc(Cl)ccc2N)n1. The first-order valence-electron chi connectivity index (χ1n) is 5.25. The topological polar surface area (TPSA) is 48.1 Å². The molecule has 0 saturated carbocycles. The molecule has 2 aromatic rings. The van der Waals surface area contributed by atoms with E-state index < -0.39 is 0 Å². The molecule has 17 heavy (non-hydrogen) atoms. The Hall–Kier alpha value is -1.74. The number of hydrogen-bond donors (Lipinski definition) is 1. The Morgan fingerprint density at radius 3 is 2.88 bits per heavy atom. The fourth-order valence-electron chi connectivity index (χ4n) is 1.46. The summed E-state index contributed by atoms with van der Waals surface area (Å²) in [4.78, 5) is 4.34. The third-order valence-corrected chi connectivity index (χ3v) is 2.53. The molecule has 0 radical (unpaired) electrons. The van der Waals surface area contributed by atoms with Gasteiger partial charge in [0, 0.05) is 16.8 Å². The quantitative estimate of drug-likeness (QED) is 0.849. The van der Waals surface area contributed by atoms with Crippen LogP contribution in [-0.2, 0) is 6.61 Å². The molecule has 2 rings (SSSR count). The van der Waals surface area contributed by atoms with Gasteiger partial charge in [0.1, 0.15) is 12.4 Å². The highest BCUT2D eigenvalue weighted by molar-refractivity contribution is 6.30. The van der Waals surface area contributed by atoms with E-state index in [4.69, 9.17) is 22.1 Å². The minimum atomic E-state index is 0.381. The molecule has 0 fully saturated rings. The average Bonchev–Trinajstić information content (AvgIpc) is 2.30. The van der Waals surface area contributed by atoms with Crippen molar-refractivity contribution in [1.82, 2.24) is 4.98 Å². The molecule has 0 amide bonds. The summed E-state index contributed by atoms with van der Waals surface area (Å²) in [7, 11) is 0. The monoisotopic (exact) mass is 248 g/mol. The van der Waals surface area contributed by atoms with E-state index in [0.29, 0.717) is 23.1 Å². The molecular weight excluding hydrogens is 236 g/mol. The molecule has 0 spiro atoms. The van der Waals surface area contributed by atoms with Gasteiger partial charge in [-0.1, -0.05) is 17.7 Å². The van der Waals surface area contributed by atoms with Gasteiger partial charge in [0.2, 0.25) is 0 Å². The van der Waals surface area contributed by atoms with Gasteiger partial charge < -0.3 is 10.5 Å².